The van der Waals surface area contributed by atoms with Crippen LogP contribution in [-0.2, 0) is 22.4 Å². The number of Topliss-reactive ketones (excluding diaryl/α,β-unsaturated/α-hetero) is 1. The molecule has 0 spiro atoms. The second kappa shape index (κ2) is 12.2. The van der Waals surface area contributed by atoms with Gasteiger partial charge in [-0.25, -0.2) is 4.79 Å². The molecule has 2 aliphatic rings. The average Bonchev–Trinajstić information content (AvgIpc) is 3.02. The van der Waals surface area contributed by atoms with Gasteiger partial charge >= 0.3 is 12.1 Å². The third-order valence-corrected chi connectivity index (χ3v) is 4.96. The smallest absolute Gasteiger partial charge is 0.475 e. The lowest BCUT2D eigenvalue weighted by Crippen LogP contribution is -2.27. The average molecular weight is 469 g/mol. The third kappa shape index (κ3) is 8.35. The minimum absolute atomic E-state index is 0.00484. The molecule has 1 aromatic rings. The zero-order valence-electron chi connectivity index (χ0n) is 17.8. The molecule has 0 bridgehead atoms. The molecule has 3 rings (SSSR count). The van der Waals surface area contributed by atoms with Gasteiger partial charge in [-0.15, -0.1) is 0 Å². The van der Waals surface area contributed by atoms with Gasteiger partial charge in [-0.1, -0.05) is 12.1 Å². The van der Waals surface area contributed by atoms with Crippen LogP contribution in [0.15, 0.2) is 43.0 Å². The van der Waals surface area contributed by atoms with Crippen molar-refractivity contribution in [1.29, 1.82) is 0 Å². The molecule has 0 saturated heterocycles. The van der Waals surface area contributed by atoms with Crippen LogP contribution in [0.1, 0.15) is 34.3 Å². The first-order valence-corrected chi connectivity index (χ1v) is 10.3. The Morgan fingerprint density at radius 2 is 1.58 bits per heavy atom. The number of amides is 1. The summed E-state index contributed by atoms with van der Waals surface area (Å²) in [6.45, 7) is 2.45. The Morgan fingerprint density at radius 1 is 0.970 bits per heavy atom. The first-order chi connectivity index (χ1) is 15.6. The van der Waals surface area contributed by atoms with Gasteiger partial charge in [0, 0.05) is 49.7 Å². The number of ketones is 1. The van der Waals surface area contributed by atoms with Crippen LogP contribution in [-0.4, -0.2) is 70.1 Å². The molecule has 0 unspecified atom stereocenters. The summed E-state index contributed by atoms with van der Waals surface area (Å²) in [5.41, 5.74) is 3.23. The molecule has 0 aliphatic carbocycles. The topological polar surface area (TPSA) is 110 Å². The van der Waals surface area contributed by atoms with E-state index >= 15 is 0 Å². The van der Waals surface area contributed by atoms with Crippen LogP contribution < -0.4 is 5.32 Å². The van der Waals surface area contributed by atoms with Crippen LogP contribution in [0.5, 0.6) is 0 Å². The maximum Gasteiger partial charge on any atom is 0.490 e. The summed E-state index contributed by atoms with van der Waals surface area (Å²) in [5, 5.41) is 19.4. The summed E-state index contributed by atoms with van der Waals surface area (Å²) >= 11 is 0. The van der Waals surface area contributed by atoms with Crippen LogP contribution in [0.2, 0.25) is 0 Å². The van der Waals surface area contributed by atoms with Crippen LogP contribution in [0, 0.1) is 0 Å². The van der Waals surface area contributed by atoms with Crippen LogP contribution in [0.25, 0.3) is 0 Å². The van der Waals surface area contributed by atoms with E-state index in [1.807, 2.05) is 18.2 Å². The van der Waals surface area contributed by atoms with Crippen LogP contribution in [0.3, 0.4) is 0 Å². The second-order valence-electron chi connectivity index (χ2n) is 7.32. The summed E-state index contributed by atoms with van der Waals surface area (Å²) in [6, 6.07) is 5.91. The van der Waals surface area contributed by atoms with Crippen molar-refractivity contribution in [3.63, 3.8) is 0 Å². The number of carbonyl (C=O) groups is 3. The van der Waals surface area contributed by atoms with E-state index in [9.17, 15) is 22.8 Å². The fourth-order valence-corrected chi connectivity index (χ4v) is 3.19. The summed E-state index contributed by atoms with van der Waals surface area (Å²) in [6.07, 6.45) is 3.98. The van der Waals surface area contributed by atoms with Gasteiger partial charge in [0.1, 0.15) is 0 Å². The molecule has 2 aliphatic heterocycles. The summed E-state index contributed by atoms with van der Waals surface area (Å²) in [7, 11) is 0. The number of hydrogen-bond acceptors (Lipinski definition) is 6. The van der Waals surface area contributed by atoms with Crippen molar-refractivity contribution in [2.45, 2.75) is 31.9 Å². The van der Waals surface area contributed by atoms with Gasteiger partial charge in [0.05, 0.1) is 6.61 Å². The quantitative estimate of drug-likeness (QED) is 0.547. The highest BCUT2D eigenvalue weighted by Crippen LogP contribution is 2.18. The standard InChI is InChI=1S/C20H25N3O3.C2HF3O2/c24-14-13-22-9-11-23(12-10-22)20(26)4-3-19(25)18-2-1-16-5-7-21-8-6-17(16)15-18;3-2(4,5)1(6)7/h1-2,9-12,15,21,24H,3-8,13-14H2;(H,6,7). The molecule has 8 nitrogen and oxygen atoms in total. The largest absolute Gasteiger partial charge is 0.490 e. The number of carboxylic acid groups (broad SMARTS) is 1. The number of rotatable bonds is 6. The maximum absolute atomic E-state index is 12.5. The number of aliphatic hydroxyl groups excluding tert-OH is 1. The highest BCUT2D eigenvalue weighted by atomic mass is 19.4. The Bertz CT molecular complexity index is 901. The lowest BCUT2D eigenvalue weighted by atomic mass is 9.97. The van der Waals surface area contributed by atoms with Gasteiger partial charge in [0.25, 0.3) is 0 Å². The number of carboxylic acids is 1. The first-order valence-electron chi connectivity index (χ1n) is 10.3. The molecular formula is C22H26F3N3O5. The Morgan fingerprint density at radius 3 is 2.15 bits per heavy atom. The lowest BCUT2D eigenvalue weighted by Gasteiger charge is -2.23. The molecular weight excluding hydrogens is 443 g/mol. The zero-order chi connectivity index (χ0) is 24.4. The number of halogens is 3. The Hall–Kier alpha value is -3.18. The van der Waals surface area contributed by atoms with Crippen molar-refractivity contribution in [2.75, 3.05) is 26.2 Å². The monoisotopic (exact) mass is 469 g/mol. The Labute approximate surface area is 189 Å². The number of carbonyl (C=O) groups excluding carboxylic acids is 2. The highest BCUT2D eigenvalue weighted by molar-refractivity contribution is 5.98. The fraction of sp³-hybridized carbons (Fsp3) is 0.409. The molecule has 0 aromatic heterocycles. The number of hydrogen-bond donors (Lipinski definition) is 3. The maximum atomic E-state index is 12.5. The number of nitrogens with one attached hydrogen (secondary N) is 1. The molecule has 1 aromatic carbocycles. The van der Waals surface area contributed by atoms with Gasteiger partial charge in [0.15, 0.2) is 5.78 Å². The number of alkyl halides is 3. The fourth-order valence-electron chi connectivity index (χ4n) is 3.19. The van der Waals surface area contributed by atoms with Crippen molar-refractivity contribution in [2.24, 2.45) is 0 Å². The SMILES string of the molecule is O=C(CCC(=O)N1C=CN(CCO)C=C1)c1ccc2c(c1)CCNCC2.O=C(O)C(F)(F)F. The van der Waals surface area contributed by atoms with Gasteiger partial charge in [-0.2, -0.15) is 13.2 Å². The molecule has 1 amide bonds. The van der Waals surface area contributed by atoms with Crippen molar-refractivity contribution in [3.8, 4) is 0 Å². The highest BCUT2D eigenvalue weighted by Gasteiger charge is 2.38. The van der Waals surface area contributed by atoms with Crippen LogP contribution in [0.4, 0.5) is 13.2 Å². The number of aliphatic hydroxyl groups is 1. The summed E-state index contributed by atoms with van der Waals surface area (Å²) in [5.74, 6) is -2.87. The molecule has 0 saturated carbocycles. The Balaban J connectivity index is 0.000000479. The minimum atomic E-state index is -5.08. The summed E-state index contributed by atoms with van der Waals surface area (Å²) in [4.78, 5) is 36.9. The second-order valence-corrected chi connectivity index (χ2v) is 7.32. The van der Waals surface area contributed by atoms with E-state index in [4.69, 9.17) is 15.0 Å². The van der Waals surface area contributed by atoms with E-state index in [1.165, 1.54) is 16.0 Å². The molecule has 0 atom stereocenters. The van der Waals surface area contributed by atoms with Crippen molar-refractivity contribution >= 4 is 17.7 Å². The van der Waals surface area contributed by atoms with Gasteiger partial charge < -0.3 is 20.4 Å². The van der Waals surface area contributed by atoms with Gasteiger partial charge in [-0.05, 0) is 43.1 Å². The number of fused-ring (bicyclic) bond motifs is 1. The lowest BCUT2D eigenvalue weighted by molar-refractivity contribution is -0.192. The number of nitrogens with zero attached hydrogens (tertiary/aromatic N) is 2. The minimum Gasteiger partial charge on any atom is -0.475 e. The van der Waals surface area contributed by atoms with Crippen LogP contribution >= 0.6 is 0 Å². The van der Waals surface area contributed by atoms with E-state index in [0.29, 0.717) is 12.1 Å². The molecule has 0 radical (unpaired) electrons. The molecule has 180 valence electrons. The predicted molar refractivity (Wildman–Crippen MR) is 113 cm³/mol. The first kappa shape index (κ1) is 26.1. The molecule has 3 N–H and O–H groups in total. The van der Waals surface area contributed by atoms with Gasteiger partial charge in [-0.3, -0.25) is 14.5 Å². The van der Waals surface area contributed by atoms with Crippen molar-refractivity contribution in [1.82, 2.24) is 15.1 Å². The molecule has 33 heavy (non-hydrogen) atoms. The normalized spacial score (nSPS) is 15.3. The third-order valence-electron chi connectivity index (χ3n) is 4.96. The molecule has 2 heterocycles. The van der Waals surface area contributed by atoms with Crippen molar-refractivity contribution in [3.05, 3.63) is 59.7 Å². The van der Waals surface area contributed by atoms with Gasteiger partial charge in [0.2, 0.25) is 5.91 Å². The van der Waals surface area contributed by atoms with Crippen molar-refractivity contribution < 1.29 is 37.8 Å². The van der Waals surface area contributed by atoms with E-state index in [1.54, 1.807) is 29.7 Å². The summed E-state index contributed by atoms with van der Waals surface area (Å²) < 4.78 is 31.7. The zero-order valence-corrected chi connectivity index (χ0v) is 17.8. The predicted octanol–water partition coefficient (Wildman–Crippen LogP) is 2.05. The van der Waals surface area contributed by atoms with E-state index in [0.717, 1.165) is 25.9 Å². The Kier molecular flexibility index (Phi) is 9.61. The molecule has 11 heteroatoms. The number of aliphatic carboxylic acids is 1. The number of benzene rings is 1. The van der Waals surface area contributed by atoms with E-state index in [2.05, 4.69) is 5.32 Å². The number of β-amino-alcohol motifs (C(OH)–C–C–N with tert-alkyl or cyclic N) is 1. The van der Waals surface area contributed by atoms with E-state index in [-0.39, 0.29) is 31.1 Å². The van der Waals surface area contributed by atoms with E-state index < -0.39 is 12.1 Å². The molecule has 0 fully saturated rings.